The number of nitrogens with one attached hydrogen (secondary N) is 1. The van der Waals surface area contributed by atoms with Gasteiger partial charge < -0.3 is 15.0 Å². The molecule has 11 heteroatoms. The summed E-state index contributed by atoms with van der Waals surface area (Å²) < 4.78 is 45.4. The number of carbonyl (C=O) groups excluding carboxylic acids is 2. The molecule has 0 aliphatic carbocycles. The third kappa shape index (κ3) is 4.36. The second kappa shape index (κ2) is 8.48. The van der Waals surface area contributed by atoms with E-state index in [4.69, 9.17) is 0 Å². The van der Waals surface area contributed by atoms with Crippen LogP contribution >= 0.6 is 0 Å². The van der Waals surface area contributed by atoms with E-state index in [9.17, 15) is 22.8 Å². The van der Waals surface area contributed by atoms with Crippen LogP contribution in [0.25, 0.3) is 5.65 Å². The molecular weight excluding hydrogens is 427 g/mol. The molecule has 0 radical (unpaired) electrons. The molecule has 0 bridgehead atoms. The largest absolute Gasteiger partial charge is 0.465 e. The highest BCUT2D eigenvalue weighted by atomic mass is 19.4. The fraction of sp³-hybridized carbons (Fsp3) is 0.333. The molecule has 0 spiro atoms. The van der Waals surface area contributed by atoms with Crippen molar-refractivity contribution in [2.75, 3.05) is 30.4 Å². The lowest BCUT2D eigenvalue weighted by molar-refractivity contribution is -0.137. The molecule has 1 atom stereocenters. The van der Waals surface area contributed by atoms with Gasteiger partial charge in [0, 0.05) is 25.0 Å². The first-order chi connectivity index (χ1) is 15.3. The number of halogens is 3. The fourth-order valence-corrected chi connectivity index (χ4v) is 3.72. The zero-order valence-corrected chi connectivity index (χ0v) is 17.1. The van der Waals surface area contributed by atoms with E-state index in [0.717, 1.165) is 12.3 Å². The second-order valence-corrected chi connectivity index (χ2v) is 7.49. The monoisotopic (exact) mass is 447 g/mol. The van der Waals surface area contributed by atoms with E-state index in [1.165, 1.54) is 23.6 Å². The van der Waals surface area contributed by atoms with E-state index >= 15 is 0 Å². The first-order valence-corrected chi connectivity index (χ1v) is 9.92. The van der Waals surface area contributed by atoms with Crippen LogP contribution in [0.1, 0.15) is 28.8 Å². The standard InChI is InChI=1S/C21H20F3N5O3/c1-32-19(31)13-4-2-6-16(10-13)25-18(30)14-5-3-9-28(11-14)20-27-26-17-8-7-15(12-29(17)20)21(22,23)24/h2,4,6-8,10,12,14H,3,5,9,11H2,1H3,(H,25,30). The van der Waals surface area contributed by atoms with Gasteiger partial charge in [-0.25, -0.2) is 4.79 Å². The van der Waals surface area contributed by atoms with Gasteiger partial charge in [0.05, 0.1) is 24.2 Å². The third-order valence-corrected chi connectivity index (χ3v) is 5.34. The zero-order chi connectivity index (χ0) is 22.9. The SMILES string of the molecule is COC(=O)c1cccc(NC(=O)C2CCCN(c3nnc4ccc(C(F)(F)F)cn34)C2)c1. The van der Waals surface area contributed by atoms with Gasteiger partial charge in [-0.1, -0.05) is 6.07 Å². The molecule has 1 unspecified atom stereocenters. The van der Waals surface area contributed by atoms with E-state index in [1.54, 1.807) is 23.1 Å². The highest BCUT2D eigenvalue weighted by Crippen LogP contribution is 2.31. The predicted octanol–water partition coefficient (Wildman–Crippen LogP) is 3.39. The number of hydrogen-bond donors (Lipinski definition) is 1. The smallest absolute Gasteiger partial charge is 0.417 e. The van der Waals surface area contributed by atoms with Crippen LogP contribution in [0.15, 0.2) is 42.6 Å². The molecule has 2 aromatic heterocycles. The van der Waals surface area contributed by atoms with Crippen LogP contribution in [0.5, 0.6) is 0 Å². The molecule has 0 saturated carbocycles. The zero-order valence-electron chi connectivity index (χ0n) is 17.1. The van der Waals surface area contributed by atoms with Gasteiger partial charge >= 0.3 is 12.1 Å². The molecule has 3 heterocycles. The number of piperidine rings is 1. The van der Waals surface area contributed by atoms with Crippen molar-refractivity contribution < 1.29 is 27.5 Å². The van der Waals surface area contributed by atoms with Crippen molar-refractivity contribution in [3.8, 4) is 0 Å². The van der Waals surface area contributed by atoms with Crippen molar-refractivity contribution in [2.45, 2.75) is 19.0 Å². The summed E-state index contributed by atoms with van der Waals surface area (Å²) in [5, 5.41) is 10.8. The summed E-state index contributed by atoms with van der Waals surface area (Å²) in [7, 11) is 1.27. The Balaban J connectivity index is 1.51. The minimum absolute atomic E-state index is 0.249. The van der Waals surface area contributed by atoms with Gasteiger partial charge in [-0.2, -0.15) is 13.2 Å². The lowest BCUT2D eigenvalue weighted by atomic mass is 9.97. The van der Waals surface area contributed by atoms with Crippen molar-refractivity contribution in [2.24, 2.45) is 5.92 Å². The number of nitrogens with zero attached hydrogens (tertiary/aromatic N) is 4. The molecule has 3 aromatic rings. The third-order valence-electron chi connectivity index (χ3n) is 5.34. The predicted molar refractivity (Wildman–Crippen MR) is 109 cm³/mol. The van der Waals surface area contributed by atoms with Crippen molar-refractivity contribution in [3.63, 3.8) is 0 Å². The number of pyridine rings is 1. The quantitative estimate of drug-likeness (QED) is 0.617. The van der Waals surface area contributed by atoms with Gasteiger partial charge in [-0.05, 0) is 43.2 Å². The molecule has 1 aromatic carbocycles. The number of rotatable bonds is 4. The van der Waals surface area contributed by atoms with Gasteiger partial charge in [0.15, 0.2) is 5.65 Å². The summed E-state index contributed by atoms with van der Waals surface area (Å²) in [6.45, 7) is 0.818. The molecule has 1 saturated heterocycles. The minimum Gasteiger partial charge on any atom is -0.465 e. The van der Waals surface area contributed by atoms with Crippen LogP contribution in [-0.2, 0) is 15.7 Å². The van der Waals surface area contributed by atoms with E-state index in [2.05, 4.69) is 20.3 Å². The normalized spacial score (nSPS) is 16.8. The second-order valence-electron chi connectivity index (χ2n) is 7.49. The van der Waals surface area contributed by atoms with Crippen LogP contribution in [-0.4, -0.2) is 46.7 Å². The van der Waals surface area contributed by atoms with E-state index < -0.39 is 23.6 Å². The number of esters is 1. The van der Waals surface area contributed by atoms with Gasteiger partial charge in [0.1, 0.15) is 0 Å². The van der Waals surface area contributed by atoms with Crippen LogP contribution in [0.4, 0.5) is 24.8 Å². The summed E-state index contributed by atoms with van der Waals surface area (Å²) in [4.78, 5) is 26.3. The first-order valence-electron chi connectivity index (χ1n) is 9.92. The van der Waals surface area contributed by atoms with Crippen molar-refractivity contribution in [1.82, 2.24) is 14.6 Å². The summed E-state index contributed by atoms with van der Waals surface area (Å²) in [5.74, 6) is -0.914. The number of aromatic nitrogens is 3. The Morgan fingerprint density at radius 2 is 2.00 bits per heavy atom. The number of carbonyl (C=O) groups is 2. The van der Waals surface area contributed by atoms with Gasteiger partial charge in [-0.15, -0.1) is 10.2 Å². The van der Waals surface area contributed by atoms with Crippen molar-refractivity contribution >= 4 is 29.2 Å². The Morgan fingerprint density at radius 1 is 1.19 bits per heavy atom. The average molecular weight is 447 g/mol. The molecule has 1 N–H and O–H groups in total. The van der Waals surface area contributed by atoms with Gasteiger partial charge in [-0.3, -0.25) is 9.20 Å². The van der Waals surface area contributed by atoms with E-state index in [0.29, 0.717) is 36.3 Å². The molecular formula is C21H20F3N5O3. The number of alkyl halides is 3. The molecule has 1 aliphatic heterocycles. The number of fused-ring (bicyclic) bond motifs is 1. The maximum absolute atomic E-state index is 13.1. The Morgan fingerprint density at radius 3 is 2.75 bits per heavy atom. The fourth-order valence-electron chi connectivity index (χ4n) is 3.72. The summed E-state index contributed by atoms with van der Waals surface area (Å²) in [6.07, 6.45) is -2.25. The highest BCUT2D eigenvalue weighted by Gasteiger charge is 2.32. The molecule has 4 rings (SSSR count). The average Bonchev–Trinajstić information content (AvgIpc) is 3.21. The number of amides is 1. The Hall–Kier alpha value is -3.63. The number of benzene rings is 1. The van der Waals surface area contributed by atoms with Crippen LogP contribution in [0, 0.1) is 5.92 Å². The number of methoxy groups -OCH3 is 1. The van der Waals surface area contributed by atoms with Gasteiger partial charge in [0.25, 0.3) is 0 Å². The summed E-state index contributed by atoms with van der Waals surface area (Å²) in [6, 6.07) is 8.63. The lowest BCUT2D eigenvalue weighted by Gasteiger charge is -2.32. The Bertz CT molecular complexity index is 1160. The molecule has 1 amide bonds. The highest BCUT2D eigenvalue weighted by molar-refractivity contribution is 5.95. The number of ether oxygens (including phenoxy) is 1. The van der Waals surface area contributed by atoms with Crippen LogP contribution in [0.2, 0.25) is 0 Å². The maximum Gasteiger partial charge on any atom is 0.417 e. The van der Waals surface area contributed by atoms with Crippen LogP contribution in [0.3, 0.4) is 0 Å². The van der Waals surface area contributed by atoms with Crippen molar-refractivity contribution in [1.29, 1.82) is 0 Å². The first kappa shape index (κ1) is 21.6. The maximum atomic E-state index is 13.1. The Labute approximate surface area is 181 Å². The number of hydrogen-bond acceptors (Lipinski definition) is 6. The van der Waals surface area contributed by atoms with Gasteiger partial charge in [0.2, 0.25) is 11.9 Å². The van der Waals surface area contributed by atoms with E-state index in [1.807, 2.05) is 0 Å². The molecule has 32 heavy (non-hydrogen) atoms. The number of anilines is 2. The molecule has 1 fully saturated rings. The molecule has 1 aliphatic rings. The summed E-state index contributed by atoms with van der Waals surface area (Å²) >= 11 is 0. The minimum atomic E-state index is -4.49. The lowest BCUT2D eigenvalue weighted by Crippen LogP contribution is -2.41. The topological polar surface area (TPSA) is 88.8 Å². The summed E-state index contributed by atoms with van der Waals surface area (Å²) in [5.41, 5.74) is 0.255. The van der Waals surface area contributed by atoms with Crippen molar-refractivity contribution in [3.05, 3.63) is 53.7 Å². The van der Waals surface area contributed by atoms with E-state index in [-0.39, 0.29) is 18.4 Å². The molecule has 8 nitrogen and oxygen atoms in total. The molecule has 168 valence electrons. The van der Waals surface area contributed by atoms with Crippen LogP contribution < -0.4 is 10.2 Å². The Kier molecular flexibility index (Phi) is 5.72.